The molecule has 0 fully saturated rings. The Balaban J connectivity index is 2.70. The van der Waals surface area contributed by atoms with E-state index in [-0.39, 0.29) is 11.4 Å². The Morgan fingerprint density at radius 3 is 2.39 bits per heavy atom. The smallest absolute Gasteiger partial charge is 0.329 e. The molecule has 23 heavy (non-hydrogen) atoms. The average Bonchev–Trinajstić information content (AvgIpc) is 2.46. The number of carbonyl (C=O) groups excluding carboxylic acids is 3. The molecule has 2 atom stereocenters. The van der Waals surface area contributed by atoms with E-state index in [0.717, 1.165) is 0 Å². The lowest BCUT2D eigenvalue weighted by molar-refractivity contribution is -0.383. The van der Waals surface area contributed by atoms with Gasteiger partial charge in [-0.2, -0.15) is 0 Å². The summed E-state index contributed by atoms with van der Waals surface area (Å²) in [5.74, 6) is -1.92. The molecule has 0 bridgehead atoms. The molecule has 0 aromatic heterocycles. The van der Waals surface area contributed by atoms with Crippen molar-refractivity contribution >= 4 is 29.2 Å². The highest BCUT2D eigenvalue weighted by atomic mass is 16.6. The molecule has 1 aromatic carbocycles. The van der Waals surface area contributed by atoms with Crippen LogP contribution in [0, 0.1) is 10.1 Å². The number of carbonyl (C=O) groups is 3. The van der Waals surface area contributed by atoms with Crippen molar-refractivity contribution in [2.24, 2.45) is 0 Å². The summed E-state index contributed by atoms with van der Waals surface area (Å²) >= 11 is 0. The number of nitro groups is 1. The summed E-state index contributed by atoms with van der Waals surface area (Å²) in [5.41, 5.74) is -0.272. The Bertz CT molecular complexity index is 631. The van der Waals surface area contributed by atoms with E-state index < -0.39 is 34.9 Å². The maximum atomic E-state index is 12.0. The normalized spacial score (nSPS) is 12.7. The molecule has 0 aliphatic carbocycles. The number of benzene rings is 1. The topological polar surface area (TPSA) is 128 Å². The van der Waals surface area contributed by atoms with Crippen molar-refractivity contribution < 1.29 is 24.0 Å². The molecule has 1 rings (SSSR count). The molecule has 1 aromatic rings. The SMILES string of the molecule is CC(=O)N[C@@H](C)C(=O)O[C@@H](C)C(=O)Nc1ccccc1[N+](=O)[O-]. The second kappa shape index (κ2) is 7.87. The summed E-state index contributed by atoms with van der Waals surface area (Å²) < 4.78 is 4.91. The zero-order valence-corrected chi connectivity index (χ0v) is 12.9. The standard InChI is InChI=1S/C14H17N3O6/c1-8(15-10(3)18)14(20)23-9(2)13(19)16-11-6-4-5-7-12(11)17(21)22/h4-9H,1-3H3,(H,15,18)(H,16,19)/t8-,9-/m0/s1. The first-order valence-electron chi connectivity index (χ1n) is 6.74. The van der Waals surface area contributed by atoms with Crippen molar-refractivity contribution in [1.29, 1.82) is 0 Å². The van der Waals surface area contributed by atoms with Gasteiger partial charge in [-0.15, -0.1) is 0 Å². The first-order chi connectivity index (χ1) is 10.7. The lowest BCUT2D eigenvalue weighted by Gasteiger charge is -2.17. The van der Waals surface area contributed by atoms with Crippen molar-refractivity contribution in [3.63, 3.8) is 0 Å². The number of hydrogen-bond donors (Lipinski definition) is 2. The molecule has 0 heterocycles. The van der Waals surface area contributed by atoms with Crippen LogP contribution in [0.3, 0.4) is 0 Å². The highest BCUT2D eigenvalue weighted by Gasteiger charge is 2.24. The summed E-state index contributed by atoms with van der Waals surface area (Å²) in [7, 11) is 0. The number of esters is 1. The molecule has 0 radical (unpaired) electrons. The molecule has 2 amide bonds. The molecule has 9 nitrogen and oxygen atoms in total. The summed E-state index contributed by atoms with van der Waals surface area (Å²) in [6.45, 7) is 3.98. The lowest BCUT2D eigenvalue weighted by Crippen LogP contribution is -2.41. The second-order valence-electron chi connectivity index (χ2n) is 4.76. The predicted octanol–water partition coefficient (Wildman–Crippen LogP) is 0.990. The van der Waals surface area contributed by atoms with Gasteiger partial charge >= 0.3 is 5.97 Å². The van der Waals surface area contributed by atoms with Crippen molar-refractivity contribution in [1.82, 2.24) is 5.32 Å². The van der Waals surface area contributed by atoms with Gasteiger partial charge in [-0.3, -0.25) is 19.7 Å². The summed E-state index contributed by atoms with van der Waals surface area (Å²) in [6.07, 6.45) is -1.18. The zero-order chi connectivity index (χ0) is 17.6. The van der Waals surface area contributed by atoms with Gasteiger partial charge in [0.2, 0.25) is 5.91 Å². The van der Waals surface area contributed by atoms with Gasteiger partial charge in [0.05, 0.1) is 4.92 Å². The fraction of sp³-hybridized carbons (Fsp3) is 0.357. The number of para-hydroxylation sites is 2. The number of hydrogen-bond acceptors (Lipinski definition) is 6. The molecular formula is C14H17N3O6. The molecule has 0 saturated heterocycles. The Morgan fingerprint density at radius 2 is 1.83 bits per heavy atom. The summed E-state index contributed by atoms with van der Waals surface area (Å²) in [6, 6.07) is 4.69. The Hall–Kier alpha value is -2.97. The Morgan fingerprint density at radius 1 is 1.22 bits per heavy atom. The minimum Gasteiger partial charge on any atom is -0.451 e. The van der Waals surface area contributed by atoms with E-state index in [4.69, 9.17) is 4.74 Å². The van der Waals surface area contributed by atoms with E-state index in [1.54, 1.807) is 0 Å². The van der Waals surface area contributed by atoms with Crippen LogP contribution in [0.4, 0.5) is 11.4 Å². The van der Waals surface area contributed by atoms with Crippen molar-refractivity contribution in [2.75, 3.05) is 5.32 Å². The average molecular weight is 323 g/mol. The van der Waals surface area contributed by atoms with Crippen molar-refractivity contribution in [3.8, 4) is 0 Å². The van der Waals surface area contributed by atoms with E-state index >= 15 is 0 Å². The molecule has 0 spiro atoms. The molecule has 2 N–H and O–H groups in total. The van der Waals surface area contributed by atoms with E-state index in [1.165, 1.54) is 45.0 Å². The third kappa shape index (κ3) is 5.38. The quantitative estimate of drug-likeness (QED) is 0.456. The summed E-state index contributed by atoms with van der Waals surface area (Å²) in [5, 5.41) is 15.5. The van der Waals surface area contributed by atoms with Crippen LogP contribution < -0.4 is 10.6 Å². The van der Waals surface area contributed by atoms with Crippen molar-refractivity contribution in [2.45, 2.75) is 32.9 Å². The van der Waals surface area contributed by atoms with Gasteiger partial charge in [0.1, 0.15) is 11.7 Å². The number of ether oxygens (including phenoxy) is 1. The van der Waals surface area contributed by atoms with Crippen LogP contribution in [0.15, 0.2) is 24.3 Å². The molecule has 0 saturated carbocycles. The monoisotopic (exact) mass is 323 g/mol. The third-order valence-corrected chi connectivity index (χ3v) is 2.79. The van der Waals surface area contributed by atoms with Gasteiger partial charge < -0.3 is 15.4 Å². The number of amides is 2. The number of nitro benzene ring substituents is 1. The Kier molecular flexibility index (Phi) is 6.19. The zero-order valence-electron chi connectivity index (χ0n) is 12.9. The minimum atomic E-state index is -1.18. The molecule has 124 valence electrons. The van der Waals surface area contributed by atoms with Gasteiger partial charge in [0, 0.05) is 13.0 Å². The number of rotatable bonds is 6. The first-order valence-corrected chi connectivity index (χ1v) is 6.74. The number of nitrogens with zero attached hydrogens (tertiary/aromatic N) is 1. The fourth-order valence-electron chi connectivity index (χ4n) is 1.67. The van der Waals surface area contributed by atoms with Gasteiger partial charge in [0.25, 0.3) is 11.6 Å². The minimum absolute atomic E-state index is 0.000286. The maximum Gasteiger partial charge on any atom is 0.329 e. The van der Waals surface area contributed by atoms with Crippen LogP contribution in [0.1, 0.15) is 20.8 Å². The van der Waals surface area contributed by atoms with Crippen LogP contribution >= 0.6 is 0 Å². The highest BCUT2D eigenvalue weighted by Crippen LogP contribution is 2.23. The van der Waals surface area contributed by atoms with Gasteiger partial charge in [-0.25, -0.2) is 4.79 Å². The van der Waals surface area contributed by atoms with Crippen LogP contribution in [0.2, 0.25) is 0 Å². The first kappa shape index (κ1) is 18.1. The second-order valence-corrected chi connectivity index (χ2v) is 4.76. The maximum absolute atomic E-state index is 12.0. The van der Waals surface area contributed by atoms with E-state index in [1.807, 2.05) is 0 Å². The summed E-state index contributed by atoms with van der Waals surface area (Å²) in [4.78, 5) is 44.8. The van der Waals surface area contributed by atoms with Crippen LogP contribution in [-0.2, 0) is 19.1 Å². The van der Waals surface area contributed by atoms with E-state index in [0.29, 0.717) is 0 Å². The third-order valence-electron chi connectivity index (χ3n) is 2.79. The molecule has 0 aliphatic heterocycles. The largest absolute Gasteiger partial charge is 0.451 e. The lowest BCUT2D eigenvalue weighted by atomic mass is 10.2. The van der Waals surface area contributed by atoms with E-state index in [9.17, 15) is 24.5 Å². The molecule has 0 unspecified atom stereocenters. The van der Waals surface area contributed by atoms with Gasteiger partial charge in [0.15, 0.2) is 6.10 Å². The molecular weight excluding hydrogens is 306 g/mol. The van der Waals surface area contributed by atoms with Crippen molar-refractivity contribution in [3.05, 3.63) is 34.4 Å². The highest BCUT2D eigenvalue weighted by molar-refractivity contribution is 5.97. The van der Waals surface area contributed by atoms with Crippen LogP contribution in [0.25, 0.3) is 0 Å². The molecule has 9 heteroatoms. The van der Waals surface area contributed by atoms with Gasteiger partial charge in [-0.1, -0.05) is 12.1 Å². The van der Waals surface area contributed by atoms with Crippen LogP contribution in [-0.4, -0.2) is 34.9 Å². The predicted molar refractivity (Wildman–Crippen MR) is 80.6 cm³/mol. The Labute approximate surface area is 132 Å². The molecule has 0 aliphatic rings. The number of nitrogens with one attached hydrogen (secondary N) is 2. The fourth-order valence-corrected chi connectivity index (χ4v) is 1.67. The van der Waals surface area contributed by atoms with Crippen LogP contribution in [0.5, 0.6) is 0 Å². The number of anilines is 1. The van der Waals surface area contributed by atoms with Gasteiger partial charge in [-0.05, 0) is 19.9 Å². The van der Waals surface area contributed by atoms with E-state index in [2.05, 4.69) is 10.6 Å².